The largest absolute Gasteiger partial charge is 0.494 e. The van der Waals surface area contributed by atoms with E-state index in [1.807, 2.05) is 0 Å². The van der Waals surface area contributed by atoms with E-state index in [-0.39, 0.29) is 5.91 Å². The molecule has 34 heavy (non-hydrogen) atoms. The molecule has 6 nitrogen and oxygen atoms in total. The summed E-state index contributed by atoms with van der Waals surface area (Å²) in [6, 6.07) is 13.9. The Morgan fingerprint density at radius 2 is 1.41 bits per heavy atom. The zero-order valence-corrected chi connectivity index (χ0v) is 20.6. The fourth-order valence-electron chi connectivity index (χ4n) is 3.29. The number of benzene rings is 2. The molecule has 0 aliphatic heterocycles. The lowest BCUT2D eigenvalue weighted by Gasteiger charge is -2.07. The second-order valence-electron chi connectivity index (χ2n) is 8.35. The number of rotatable bonds is 16. The second-order valence-corrected chi connectivity index (χ2v) is 8.35. The number of nitrogens with one attached hydrogen (secondary N) is 1. The summed E-state index contributed by atoms with van der Waals surface area (Å²) in [6.45, 7) is 4.98. The van der Waals surface area contributed by atoms with Crippen LogP contribution in [0.3, 0.4) is 0 Å². The van der Waals surface area contributed by atoms with Crippen molar-refractivity contribution in [1.29, 1.82) is 0 Å². The van der Waals surface area contributed by atoms with Crippen molar-refractivity contribution in [3.63, 3.8) is 0 Å². The molecule has 0 saturated heterocycles. The lowest BCUT2D eigenvalue weighted by atomic mass is 10.1. The molecule has 0 aliphatic carbocycles. The number of carbonyl (C=O) groups is 2. The first-order valence-corrected chi connectivity index (χ1v) is 12.5. The number of hydrogen-bond acceptors (Lipinski definition) is 5. The first-order chi connectivity index (χ1) is 16.6. The monoisotopic (exact) mass is 466 g/mol. The van der Waals surface area contributed by atoms with Crippen molar-refractivity contribution in [3.8, 4) is 11.5 Å². The molecule has 184 valence electrons. The lowest BCUT2D eigenvalue weighted by Crippen LogP contribution is -2.16. The van der Waals surface area contributed by atoms with E-state index in [1.54, 1.807) is 54.7 Å². The van der Waals surface area contributed by atoms with E-state index in [9.17, 15) is 9.59 Å². The maximum Gasteiger partial charge on any atom is 0.343 e. The Labute approximate surface area is 203 Å². The van der Waals surface area contributed by atoms with Crippen LogP contribution in [0.1, 0.15) is 94.0 Å². The molecule has 0 atom stereocenters. The number of esters is 1. The smallest absolute Gasteiger partial charge is 0.343 e. The van der Waals surface area contributed by atoms with E-state index in [2.05, 4.69) is 24.4 Å². The quantitative estimate of drug-likeness (QED) is 0.0984. The standard InChI is InChI=1S/C28H38N2O4/c1-3-5-7-8-9-10-11-12-27(31)30-29-22-23-13-17-26(18-14-23)34-28(32)24-15-19-25(20-16-24)33-21-6-4-2/h13-20,22H,3-12,21H2,1-2H3,(H,30,31). The highest BCUT2D eigenvalue weighted by Crippen LogP contribution is 2.17. The lowest BCUT2D eigenvalue weighted by molar-refractivity contribution is -0.121. The summed E-state index contributed by atoms with van der Waals surface area (Å²) in [5.74, 6) is 0.674. The Morgan fingerprint density at radius 3 is 2.09 bits per heavy atom. The molecule has 0 saturated carbocycles. The van der Waals surface area contributed by atoms with Gasteiger partial charge in [-0.3, -0.25) is 4.79 Å². The van der Waals surface area contributed by atoms with Gasteiger partial charge in [-0.1, -0.05) is 58.8 Å². The van der Waals surface area contributed by atoms with Crippen LogP contribution in [-0.2, 0) is 4.79 Å². The normalized spacial score (nSPS) is 10.9. The molecule has 0 bridgehead atoms. The molecular weight excluding hydrogens is 428 g/mol. The van der Waals surface area contributed by atoms with Crippen LogP contribution in [0.15, 0.2) is 53.6 Å². The Morgan fingerprint density at radius 1 is 0.794 bits per heavy atom. The first-order valence-electron chi connectivity index (χ1n) is 12.5. The van der Waals surface area contributed by atoms with Gasteiger partial charge in [0.15, 0.2) is 0 Å². The molecule has 0 heterocycles. The molecular formula is C28H38N2O4. The second kappa shape index (κ2) is 16.5. The minimum atomic E-state index is -0.431. The maximum absolute atomic E-state index is 12.4. The third-order valence-corrected chi connectivity index (χ3v) is 5.36. The number of hydrazone groups is 1. The predicted octanol–water partition coefficient (Wildman–Crippen LogP) is 6.68. The van der Waals surface area contributed by atoms with E-state index >= 15 is 0 Å². The molecule has 2 aromatic rings. The van der Waals surface area contributed by atoms with Gasteiger partial charge in [0.1, 0.15) is 11.5 Å². The van der Waals surface area contributed by atoms with Crippen LogP contribution >= 0.6 is 0 Å². The maximum atomic E-state index is 12.4. The van der Waals surface area contributed by atoms with Crippen LogP contribution in [0.4, 0.5) is 0 Å². The van der Waals surface area contributed by atoms with Crippen molar-refractivity contribution in [2.45, 2.75) is 78.1 Å². The number of ether oxygens (including phenoxy) is 2. The van der Waals surface area contributed by atoms with Crippen molar-refractivity contribution in [2.75, 3.05) is 6.61 Å². The number of hydrogen-bond donors (Lipinski definition) is 1. The molecule has 0 fully saturated rings. The molecule has 0 radical (unpaired) electrons. The summed E-state index contributed by atoms with van der Waals surface area (Å²) in [4.78, 5) is 24.2. The van der Waals surface area contributed by atoms with Gasteiger partial charge in [-0.05, 0) is 66.9 Å². The van der Waals surface area contributed by atoms with E-state index in [0.29, 0.717) is 24.3 Å². The van der Waals surface area contributed by atoms with Gasteiger partial charge in [-0.25, -0.2) is 10.2 Å². The average Bonchev–Trinajstić information content (AvgIpc) is 2.85. The summed E-state index contributed by atoms with van der Waals surface area (Å²) in [6.07, 6.45) is 12.4. The van der Waals surface area contributed by atoms with Crippen LogP contribution in [0.2, 0.25) is 0 Å². The van der Waals surface area contributed by atoms with E-state index in [0.717, 1.165) is 37.0 Å². The summed E-state index contributed by atoms with van der Waals surface area (Å²) in [7, 11) is 0. The molecule has 0 spiro atoms. The molecule has 2 rings (SSSR count). The molecule has 0 unspecified atom stereocenters. The van der Waals surface area contributed by atoms with Crippen LogP contribution in [-0.4, -0.2) is 24.7 Å². The predicted molar refractivity (Wildman–Crippen MR) is 137 cm³/mol. The fraction of sp³-hybridized carbons (Fsp3) is 0.464. The molecule has 2 aromatic carbocycles. The summed E-state index contributed by atoms with van der Waals surface area (Å²) in [5.41, 5.74) is 3.82. The Hall–Kier alpha value is -3.15. The number of nitrogens with zero attached hydrogens (tertiary/aromatic N) is 1. The highest BCUT2D eigenvalue weighted by Gasteiger charge is 2.09. The summed E-state index contributed by atoms with van der Waals surface area (Å²) in [5, 5.41) is 4.01. The van der Waals surface area contributed by atoms with Gasteiger partial charge in [-0.15, -0.1) is 0 Å². The van der Waals surface area contributed by atoms with E-state index < -0.39 is 5.97 Å². The minimum absolute atomic E-state index is 0.0721. The molecule has 6 heteroatoms. The van der Waals surface area contributed by atoms with Crippen molar-refractivity contribution >= 4 is 18.1 Å². The van der Waals surface area contributed by atoms with Crippen LogP contribution in [0.25, 0.3) is 0 Å². The van der Waals surface area contributed by atoms with Gasteiger partial charge in [0.05, 0.1) is 18.4 Å². The molecule has 0 aliphatic rings. The molecule has 1 N–H and O–H groups in total. The van der Waals surface area contributed by atoms with Crippen LogP contribution < -0.4 is 14.9 Å². The third-order valence-electron chi connectivity index (χ3n) is 5.36. The first kappa shape index (κ1) is 27.1. The SMILES string of the molecule is CCCCCCCCCC(=O)NN=Cc1ccc(OC(=O)c2ccc(OCCCC)cc2)cc1. The van der Waals surface area contributed by atoms with Crippen molar-refractivity contribution in [2.24, 2.45) is 5.10 Å². The van der Waals surface area contributed by atoms with Gasteiger partial charge < -0.3 is 9.47 Å². The minimum Gasteiger partial charge on any atom is -0.494 e. The molecule has 1 amide bonds. The number of amides is 1. The van der Waals surface area contributed by atoms with E-state index in [1.165, 1.54) is 32.1 Å². The van der Waals surface area contributed by atoms with Crippen molar-refractivity contribution in [3.05, 3.63) is 59.7 Å². The number of unbranched alkanes of at least 4 members (excludes halogenated alkanes) is 7. The Bertz CT molecular complexity index is 876. The Balaban J connectivity index is 1.69. The topological polar surface area (TPSA) is 77.0 Å². The average molecular weight is 467 g/mol. The summed E-state index contributed by atoms with van der Waals surface area (Å²) < 4.78 is 11.0. The zero-order valence-electron chi connectivity index (χ0n) is 20.6. The highest BCUT2D eigenvalue weighted by molar-refractivity contribution is 5.91. The fourth-order valence-corrected chi connectivity index (χ4v) is 3.29. The van der Waals surface area contributed by atoms with Gasteiger partial charge in [0.25, 0.3) is 0 Å². The van der Waals surface area contributed by atoms with Gasteiger partial charge >= 0.3 is 5.97 Å². The number of carbonyl (C=O) groups excluding carboxylic acids is 2. The van der Waals surface area contributed by atoms with Crippen molar-refractivity contribution < 1.29 is 19.1 Å². The third kappa shape index (κ3) is 11.1. The molecule has 0 aromatic heterocycles. The van der Waals surface area contributed by atoms with Gasteiger partial charge in [0.2, 0.25) is 5.91 Å². The van der Waals surface area contributed by atoms with Crippen molar-refractivity contribution in [1.82, 2.24) is 5.43 Å². The van der Waals surface area contributed by atoms with Crippen LogP contribution in [0.5, 0.6) is 11.5 Å². The van der Waals surface area contributed by atoms with Gasteiger partial charge in [0, 0.05) is 6.42 Å². The van der Waals surface area contributed by atoms with E-state index in [4.69, 9.17) is 9.47 Å². The highest BCUT2D eigenvalue weighted by atomic mass is 16.5. The zero-order chi connectivity index (χ0) is 24.4. The van der Waals surface area contributed by atoms with Crippen LogP contribution in [0, 0.1) is 0 Å². The Kier molecular flexibility index (Phi) is 13.1. The van der Waals surface area contributed by atoms with Gasteiger partial charge in [-0.2, -0.15) is 5.10 Å². The summed E-state index contributed by atoms with van der Waals surface area (Å²) >= 11 is 0.